The van der Waals surface area contributed by atoms with Crippen molar-refractivity contribution in [1.29, 1.82) is 0 Å². The predicted octanol–water partition coefficient (Wildman–Crippen LogP) is 3.98. The lowest BCUT2D eigenvalue weighted by Gasteiger charge is -2.19. The number of hydrogen-bond acceptors (Lipinski definition) is 1. The van der Waals surface area contributed by atoms with Crippen LogP contribution in [0.25, 0.3) is 5.57 Å². The van der Waals surface area contributed by atoms with E-state index in [1.165, 1.54) is 12.1 Å². The molecule has 0 atom stereocenters. The van der Waals surface area contributed by atoms with Crippen LogP contribution in [0.15, 0.2) is 24.3 Å². The summed E-state index contributed by atoms with van der Waals surface area (Å²) in [6.07, 6.45) is -2.39. The van der Waals surface area contributed by atoms with E-state index in [0.29, 0.717) is 25.2 Å². The van der Waals surface area contributed by atoms with E-state index < -0.39 is 18.4 Å². The van der Waals surface area contributed by atoms with Crippen LogP contribution >= 0.6 is 0 Å². The Kier molecular flexibility index (Phi) is 3.71. The minimum Gasteiger partial charge on any atom is -0.377 e. The number of halogens is 4. The molecule has 0 saturated heterocycles. The zero-order valence-corrected chi connectivity index (χ0v) is 9.56. The molecule has 0 bridgehead atoms. The molecule has 1 aromatic rings. The number of rotatable bonds is 2. The van der Waals surface area contributed by atoms with E-state index in [1.54, 1.807) is 6.08 Å². The van der Waals surface area contributed by atoms with Crippen molar-refractivity contribution in [1.82, 2.24) is 0 Å². The smallest absolute Gasteiger partial charge is 0.377 e. The molecule has 2 rings (SSSR count). The summed E-state index contributed by atoms with van der Waals surface area (Å²) in [5.74, 6) is 0. The SMILES string of the molecule is FCc1ccc(C2=CCOCC2)c(C(F)(F)F)c1. The summed E-state index contributed by atoms with van der Waals surface area (Å²) in [5.41, 5.74) is 0.00603. The van der Waals surface area contributed by atoms with Gasteiger partial charge in [0.15, 0.2) is 0 Å². The quantitative estimate of drug-likeness (QED) is 0.731. The standard InChI is InChI=1S/C13H12F4O/c14-8-9-1-2-11(10-3-5-18-6-4-10)12(7-9)13(15,16)17/h1-3,7H,4-6,8H2. The van der Waals surface area contributed by atoms with Crippen molar-refractivity contribution >= 4 is 5.57 Å². The lowest BCUT2D eigenvalue weighted by molar-refractivity contribution is -0.137. The number of alkyl halides is 4. The summed E-state index contributed by atoms with van der Waals surface area (Å²) in [6.45, 7) is -0.170. The van der Waals surface area contributed by atoms with Gasteiger partial charge < -0.3 is 4.74 Å². The molecule has 0 fully saturated rings. The Morgan fingerprint density at radius 3 is 2.56 bits per heavy atom. The first-order valence-corrected chi connectivity index (χ1v) is 5.55. The van der Waals surface area contributed by atoms with Gasteiger partial charge in [0.05, 0.1) is 18.8 Å². The molecule has 18 heavy (non-hydrogen) atoms. The van der Waals surface area contributed by atoms with Gasteiger partial charge in [-0.1, -0.05) is 18.2 Å². The fourth-order valence-corrected chi connectivity index (χ4v) is 1.96. The summed E-state index contributed by atoms with van der Waals surface area (Å²) in [6, 6.07) is 3.61. The molecule has 1 aliphatic heterocycles. The highest BCUT2D eigenvalue weighted by molar-refractivity contribution is 5.69. The molecule has 0 amide bonds. The van der Waals surface area contributed by atoms with E-state index >= 15 is 0 Å². The average molecular weight is 260 g/mol. The Morgan fingerprint density at radius 1 is 1.22 bits per heavy atom. The Labute approximate surface area is 102 Å². The summed E-state index contributed by atoms with van der Waals surface area (Å²) >= 11 is 0. The van der Waals surface area contributed by atoms with Gasteiger partial charge in [-0.15, -0.1) is 0 Å². The normalized spacial score (nSPS) is 16.6. The van der Waals surface area contributed by atoms with Gasteiger partial charge in [0.1, 0.15) is 6.67 Å². The molecule has 0 N–H and O–H groups in total. The van der Waals surface area contributed by atoms with E-state index in [-0.39, 0.29) is 11.1 Å². The molecular formula is C13H12F4O. The lowest BCUT2D eigenvalue weighted by atomic mass is 9.94. The average Bonchev–Trinajstić information content (AvgIpc) is 2.38. The fourth-order valence-electron chi connectivity index (χ4n) is 1.96. The van der Waals surface area contributed by atoms with Crippen molar-refractivity contribution in [3.63, 3.8) is 0 Å². The molecule has 0 aliphatic carbocycles. The molecule has 0 saturated carbocycles. The van der Waals surface area contributed by atoms with Crippen molar-refractivity contribution in [2.24, 2.45) is 0 Å². The first-order chi connectivity index (χ1) is 8.52. The highest BCUT2D eigenvalue weighted by atomic mass is 19.4. The van der Waals surface area contributed by atoms with Crippen LogP contribution in [-0.4, -0.2) is 13.2 Å². The fraction of sp³-hybridized carbons (Fsp3) is 0.385. The molecule has 1 nitrogen and oxygen atoms in total. The molecule has 1 aromatic carbocycles. The van der Waals surface area contributed by atoms with Gasteiger partial charge in [0.2, 0.25) is 0 Å². The molecule has 0 radical (unpaired) electrons. The van der Waals surface area contributed by atoms with E-state index in [4.69, 9.17) is 4.74 Å². The third kappa shape index (κ3) is 2.72. The Hall–Kier alpha value is -1.36. The highest BCUT2D eigenvalue weighted by Crippen LogP contribution is 2.37. The van der Waals surface area contributed by atoms with Crippen LogP contribution in [0.3, 0.4) is 0 Å². The summed E-state index contributed by atoms with van der Waals surface area (Å²) in [5, 5.41) is 0. The van der Waals surface area contributed by atoms with Gasteiger partial charge in [-0.05, 0) is 29.2 Å². The number of benzene rings is 1. The van der Waals surface area contributed by atoms with Crippen LogP contribution in [-0.2, 0) is 17.6 Å². The van der Waals surface area contributed by atoms with Crippen molar-refractivity contribution < 1.29 is 22.3 Å². The first kappa shape index (κ1) is 13.1. The van der Waals surface area contributed by atoms with Gasteiger partial charge >= 0.3 is 6.18 Å². The first-order valence-electron chi connectivity index (χ1n) is 5.55. The molecular weight excluding hydrogens is 248 g/mol. The van der Waals surface area contributed by atoms with Crippen LogP contribution in [0, 0.1) is 0 Å². The zero-order valence-electron chi connectivity index (χ0n) is 9.56. The third-order valence-corrected chi connectivity index (χ3v) is 2.85. The van der Waals surface area contributed by atoms with Crippen molar-refractivity contribution in [3.05, 3.63) is 41.0 Å². The Bertz CT molecular complexity index is 463. The molecule has 0 unspecified atom stereocenters. The second-order valence-corrected chi connectivity index (χ2v) is 4.07. The minimum absolute atomic E-state index is 0.0405. The predicted molar refractivity (Wildman–Crippen MR) is 59.7 cm³/mol. The Morgan fingerprint density at radius 2 is 2.00 bits per heavy atom. The number of ether oxygens (including phenoxy) is 1. The molecule has 5 heteroatoms. The summed E-state index contributed by atoms with van der Waals surface area (Å²) < 4.78 is 56.4. The van der Waals surface area contributed by atoms with Gasteiger partial charge in [-0.2, -0.15) is 13.2 Å². The van der Waals surface area contributed by atoms with Gasteiger partial charge in [-0.25, -0.2) is 4.39 Å². The monoisotopic (exact) mass is 260 g/mol. The summed E-state index contributed by atoms with van der Waals surface area (Å²) in [4.78, 5) is 0. The maximum atomic E-state index is 12.9. The largest absolute Gasteiger partial charge is 0.417 e. The number of hydrogen-bond donors (Lipinski definition) is 0. The highest BCUT2D eigenvalue weighted by Gasteiger charge is 2.34. The zero-order chi connectivity index (χ0) is 13.2. The van der Waals surface area contributed by atoms with Crippen molar-refractivity contribution in [2.75, 3.05) is 13.2 Å². The van der Waals surface area contributed by atoms with Gasteiger partial charge in [-0.3, -0.25) is 0 Å². The third-order valence-electron chi connectivity index (χ3n) is 2.85. The maximum absolute atomic E-state index is 12.9. The van der Waals surface area contributed by atoms with Gasteiger partial charge in [0, 0.05) is 0 Å². The molecule has 98 valence electrons. The van der Waals surface area contributed by atoms with E-state index in [1.807, 2.05) is 0 Å². The van der Waals surface area contributed by atoms with Crippen molar-refractivity contribution in [2.45, 2.75) is 19.3 Å². The van der Waals surface area contributed by atoms with Crippen LogP contribution in [0.5, 0.6) is 0 Å². The van der Waals surface area contributed by atoms with E-state index in [2.05, 4.69) is 0 Å². The minimum atomic E-state index is -4.47. The summed E-state index contributed by atoms with van der Waals surface area (Å²) in [7, 11) is 0. The molecule has 1 heterocycles. The molecule has 0 aromatic heterocycles. The van der Waals surface area contributed by atoms with E-state index in [0.717, 1.165) is 6.07 Å². The van der Waals surface area contributed by atoms with E-state index in [9.17, 15) is 17.6 Å². The molecule has 1 aliphatic rings. The topological polar surface area (TPSA) is 9.23 Å². The molecule has 0 spiro atoms. The van der Waals surface area contributed by atoms with Crippen LogP contribution < -0.4 is 0 Å². The van der Waals surface area contributed by atoms with Crippen molar-refractivity contribution in [3.8, 4) is 0 Å². The van der Waals surface area contributed by atoms with Crippen LogP contribution in [0.2, 0.25) is 0 Å². The lowest BCUT2D eigenvalue weighted by Crippen LogP contribution is -2.12. The maximum Gasteiger partial charge on any atom is 0.417 e. The van der Waals surface area contributed by atoms with Crippen LogP contribution in [0.4, 0.5) is 17.6 Å². The second kappa shape index (κ2) is 5.10. The second-order valence-electron chi connectivity index (χ2n) is 4.07. The van der Waals surface area contributed by atoms with Gasteiger partial charge in [0.25, 0.3) is 0 Å². The van der Waals surface area contributed by atoms with Crippen LogP contribution in [0.1, 0.15) is 23.1 Å². The Balaban J connectivity index is 2.49.